The van der Waals surface area contributed by atoms with Crippen molar-refractivity contribution in [3.63, 3.8) is 0 Å². The number of likely N-dealkylation sites (N-methyl/N-ethyl adjacent to an activating group) is 1. The summed E-state index contributed by atoms with van der Waals surface area (Å²) in [6.45, 7) is 3.15. The number of para-hydroxylation sites is 1. The molecule has 1 aliphatic carbocycles. The molecule has 1 atom stereocenters. The lowest BCUT2D eigenvalue weighted by Crippen LogP contribution is -2.50. The fourth-order valence-electron chi connectivity index (χ4n) is 2.75. The van der Waals surface area contributed by atoms with Gasteiger partial charge in [-0.2, -0.15) is 5.26 Å². The molecule has 0 bridgehead atoms. The molecule has 1 N–H and O–H groups in total. The average Bonchev–Trinajstić information content (AvgIpc) is 3.37. The second-order valence-electron chi connectivity index (χ2n) is 5.51. The summed E-state index contributed by atoms with van der Waals surface area (Å²) in [7, 11) is 0. The van der Waals surface area contributed by atoms with E-state index >= 15 is 0 Å². The molecule has 1 fully saturated rings. The van der Waals surface area contributed by atoms with E-state index in [2.05, 4.69) is 16.4 Å². The van der Waals surface area contributed by atoms with Crippen LogP contribution in [0, 0.1) is 17.2 Å². The Bertz CT molecular complexity index is 670. The van der Waals surface area contributed by atoms with Crippen LogP contribution >= 0.6 is 0 Å². The second kappa shape index (κ2) is 5.71. The maximum atomic E-state index is 9.60. The van der Waals surface area contributed by atoms with Crippen molar-refractivity contribution in [3.8, 4) is 11.8 Å². The lowest BCUT2D eigenvalue weighted by molar-refractivity contribution is 0.206. The molecule has 0 amide bonds. The van der Waals surface area contributed by atoms with Crippen molar-refractivity contribution in [1.29, 1.82) is 5.26 Å². The Morgan fingerprint density at radius 3 is 2.90 bits per heavy atom. The third-order valence-corrected chi connectivity index (χ3v) is 4.02. The van der Waals surface area contributed by atoms with E-state index in [9.17, 15) is 5.26 Å². The van der Waals surface area contributed by atoms with E-state index in [4.69, 9.17) is 4.74 Å². The first kappa shape index (κ1) is 13.8. The lowest BCUT2D eigenvalue weighted by atomic mass is 9.96. The molecule has 4 nitrogen and oxygen atoms in total. The zero-order chi connectivity index (χ0) is 14.7. The van der Waals surface area contributed by atoms with Crippen molar-refractivity contribution >= 4 is 10.9 Å². The van der Waals surface area contributed by atoms with Crippen LogP contribution in [0.15, 0.2) is 36.5 Å². The minimum absolute atomic E-state index is 0.359. The van der Waals surface area contributed by atoms with Crippen LogP contribution in [-0.4, -0.2) is 23.7 Å². The van der Waals surface area contributed by atoms with Crippen molar-refractivity contribution < 1.29 is 4.74 Å². The zero-order valence-corrected chi connectivity index (χ0v) is 12.2. The Kier molecular flexibility index (Phi) is 3.76. The van der Waals surface area contributed by atoms with Crippen LogP contribution in [0.4, 0.5) is 0 Å². The van der Waals surface area contributed by atoms with Gasteiger partial charge in [0.1, 0.15) is 23.4 Å². The molecule has 21 heavy (non-hydrogen) atoms. The number of aromatic nitrogens is 1. The highest BCUT2D eigenvalue weighted by Crippen LogP contribution is 2.40. The number of hydrogen-bond donors (Lipinski definition) is 1. The van der Waals surface area contributed by atoms with E-state index in [1.807, 2.05) is 37.3 Å². The highest BCUT2D eigenvalue weighted by molar-refractivity contribution is 5.84. The Hall–Kier alpha value is -2.12. The minimum atomic E-state index is -0.578. The molecule has 3 rings (SSSR count). The molecule has 0 aliphatic heterocycles. The number of benzene rings is 1. The second-order valence-corrected chi connectivity index (χ2v) is 5.51. The third-order valence-electron chi connectivity index (χ3n) is 4.02. The summed E-state index contributed by atoms with van der Waals surface area (Å²) in [5.74, 6) is 1.14. The number of rotatable bonds is 6. The summed E-state index contributed by atoms with van der Waals surface area (Å²) in [6, 6.07) is 12.2. The van der Waals surface area contributed by atoms with E-state index < -0.39 is 5.54 Å². The van der Waals surface area contributed by atoms with Gasteiger partial charge >= 0.3 is 0 Å². The minimum Gasteiger partial charge on any atom is -0.488 e. The van der Waals surface area contributed by atoms with E-state index in [0.717, 1.165) is 36.0 Å². The van der Waals surface area contributed by atoms with E-state index in [1.54, 1.807) is 6.20 Å². The number of ether oxygens (including phenoxy) is 1. The summed E-state index contributed by atoms with van der Waals surface area (Å²) in [6.07, 6.45) is 3.95. The highest BCUT2D eigenvalue weighted by Gasteiger charge is 2.46. The van der Waals surface area contributed by atoms with Crippen molar-refractivity contribution in [3.05, 3.63) is 36.5 Å². The quantitative estimate of drug-likeness (QED) is 0.884. The van der Waals surface area contributed by atoms with Crippen LogP contribution < -0.4 is 10.1 Å². The monoisotopic (exact) mass is 281 g/mol. The van der Waals surface area contributed by atoms with E-state index in [1.165, 1.54) is 0 Å². The first-order valence-corrected chi connectivity index (χ1v) is 7.42. The van der Waals surface area contributed by atoms with Crippen LogP contribution in [-0.2, 0) is 0 Å². The van der Waals surface area contributed by atoms with Crippen LogP contribution in [0.25, 0.3) is 10.9 Å². The molecule has 1 heterocycles. The Balaban J connectivity index is 1.83. The molecule has 1 aromatic carbocycles. The molecule has 1 aliphatic rings. The molecule has 0 radical (unpaired) electrons. The Labute approximate surface area is 124 Å². The maximum absolute atomic E-state index is 9.60. The molecule has 0 saturated heterocycles. The normalized spacial score (nSPS) is 17.1. The van der Waals surface area contributed by atoms with Crippen molar-refractivity contribution in [1.82, 2.24) is 10.3 Å². The first-order chi connectivity index (χ1) is 10.3. The van der Waals surface area contributed by atoms with Gasteiger partial charge in [0.2, 0.25) is 0 Å². The van der Waals surface area contributed by atoms with E-state index in [0.29, 0.717) is 12.5 Å². The highest BCUT2D eigenvalue weighted by atomic mass is 16.5. The molecule has 2 aromatic rings. The first-order valence-electron chi connectivity index (χ1n) is 7.42. The van der Waals surface area contributed by atoms with Gasteiger partial charge in [-0.25, -0.2) is 0 Å². The summed E-state index contributed by atoms with van der Waals surface area (Å²) in [4.78, 5) is 4.39. The van der Waals surface area contributed by atoms with Gasteiger partial charge in [-0.15, -0.1) is 0 Å². The van der Waals surface area contributed by atoms with Gasteiger partial charge in [0.15, 0.2) is 0 Å². The van der Waals surface area contributed by atoms with Gasteiger partial charge in [0.05, 0.1) is 6.07 Å². The summed E-state index contributed by atoms with van der Waals surface area (Å²) < 4.78 is 5.98. The Morgan fingerprint density at radius 2 is 2.19 bits per heavy atom. The number of nitrogens with zero attached hydrogens (tertiary/aromatic N) is 2. The summed E-state index contributed by atoms with van der Waals surface area (Å²) in [5, 5.41) is 14.0. The van der Waals surface area contributed by atoms with Crippen LogP contribution in [0.5, 0.6) is 5.75 Å². The molecule has 0 spiro atoms. The van der Waals surface area contributed by atoms with Gasteiger partial charge in [-0.05, 0) is 37.4 Å². The van der Waals surface area contributed by atoms with Crippen LogP contribution in [0.3, 0.4) is 0 Å². The summed E-state index contributed by atoms with van der Waals surface area (Å²) in [5.41, 5.74) is 0.269. The average molecular weight is 281 g/mol. The SMILES string of the molecule is CCNC(C#N)(COc1cccc2cccnc12)C1CC1. The van der Waals surface area contributed by atoms with Gasteiger partial charge < -0.3 is 4.74 Å². The number of hydrogen-bond acceptors (Lipinski definition) is 4. The maximum Gasteiger partial charge on any atom is 0.145 e. The molecular weight excluding hydrogens is 262 g/mol. The molecule has 4 heteroatoms. The molecule has 1 unspecified atom stereocenters. The standard InChI is InChI=1S/C17H19N3O/c1-2-20-17(11-18,14-8-9-14)12-21-15-7-3-5-13-6-4-10-19-16(13)15/h3-7,10,14,20H,2,8-9,12H2,1H3. The largest absolute Gasteiger partial charge is 0.488 e. The number of fused-ring (bicyclic) bond motifs is 1. The zero-order valence-electron chi connectivity index (χ0n) is 12.2. The number of nitrogens with one attached hydrogen (secondary N) is 1. The van der Waals surface area contributed by atoms with Crippen molar-refractivity contribution in [2.24, 2.45) is 5.92 Å². The van der Waals surface area contributed by atoms with E-state index in [-0.39, 0.29) is 0 Å². The fraction of sp³-hybridized carbons (Fsp3) is 0.412. The predicted molar refractivity (Wildman–Crippen MR) is 82.0 cm³/mol. The third kappa shape index (κ3) is 2.70. The van der Waals surface area contributed by atoms with Crippen molar-refractivity contribution in [2.45, 2.75) is 25.3 Å². The van der Waals surface area contributed by atoms with Gasteiger partial charge in [0.25, 0.3) is 0 Å². The van der Waals surface area contributed by atoms with Crippen LogP contribution in [0.1, 0.15) is 19.8 Å². The van der Waals surface area contributed by atoms with Crippen molar-refractivity contribution in [2.75, 3.05) is 13.2 Å². The van der Waals surface area contributed by atoms with Gasteiger partial charge in [-0.3, -0.25) is 10.3 Å². The Morgan fingerprint density at radius 1 is 1.38 bits per heavy atom. The molecule has 1 aromatic heterocycles. The number of pyridine rings is 1. The van der Waals surface area contributed by atoms with Crippen LogP contribution in [0.2, 0.25) is 0 Å². The molecule has 108 valence electrons. The smallest absolute Gasteiger partial charge is 0.145 e. The predicted octanol–water partition coefficient (Wildman–Crippen LogP) is 2.90. The fourth-order valence-corrected chi connectivity index (χ4v) is 2.75. The summed E-state index contributed by atoms with van der Waals surface area (Å²) >= 11 is 0. The molecular formula is C17H19N3O. The van der Waals surface area contributed by atoms with Gasteiger partial charge in [0, 0.05) is 11.6 Å². The molecule has 1 saturated carbocycles. The lowest BCUT2D eigenvalue weighted by Gasteiger charge is -2.27. The van der Waals surface area contributed by atoms with Gasteiger partial charge in [-0.1, -0.05) is 25.1 Å². The number of nitriles is 1. The topological polar surface area (TPSA) is 57.9 Å².